The van der Waals surface area contributed by atoms with E-state index in [4.69, 9.17) is 0 Å². The molecular weight excluding hydrogens is 244 g/mol. The molecule has 0 aromatic heterocycles. The van der Waals surface area contributed by atoms with Crippen LogP contribution in [-0.4, -0.2) is 22.2 Å². The molecule has 0 amide bonds. The van der Waals surface area contributed by atoms with E-state index in [9.17, 15) is 15.2 Å². The maximum atomic E-state index is 10.7. The number of benzene rings is 1. The fourth-order valence-electron chi connectivity index (χ4n) is 2.79. The van der Waals surface area contributed by atoms with Gasteiger partial charge in [0.2, 0.25) is 0 Å². The first-order valence-electron chi connectivity index (χ1n) is 6.69. The number of nitro groups is 1. The van der Waals surface area contributed by atoms with E-state index in [1.807, 2.05) is 0 Å². The van der Waals surface area contributed by atoms with Gasteiger partial charge in [0.25, 0.3) is 5.69 Å². The minimum absolute atomic E-state index is 0.0639. The van der Waals surface area contributed by atoms with Crippen LogP contribution in [0.3, 0.4) is 0 Å². The number of nitrogens with one attached hydrogen (secondary N) is 1. The quantitative estimate of drug-likeness (QED) is 0.647. The average molecular weight is 264 g/mol. The van der Waals surface area contributed by atoms with Crippen molar-refractivity contribution in [2.75, 3.05) is 11.9 Å². The van der Waals surface area contributed by atoms with Crippen LogP contribution in [0.4, 0.5) is 11.4 Å². The van der Waals surface area contributed by atoms with Crippen molar-refractivity contribution in [1.29, 1.82) is 0 Å². The predicted octanol–water partition coefficient (Wildman–Crippen LogP) is 2.95. The molecule has 0 saturated heterocycles. The Morgan fingerprint density at radius 2 is 2.37 bits per heavy atom. The maximum absolute atomic E-state index is 10.7. The molecule has 1 aromatic rings. The van der Waals surface area contributed by atoms with Gasteiger partial charge >= 0.3 is 0 Å². The lowest BCUT2D eigenvalue weighted by molar-refractivity contribution is -0.384. The number of anilines is 1. The molecule has 2 atom stereocenters. The van der Waals surface area contributed by atoms with E-state index in [0.29, 0.717) is 18.2 Å². The number of non-ortho nitro benzene ring substituents is 1. The van der Waals surface area contributed by atoms with Crippen LogP contribution in [0.15, 0.2) is 24.3 Å². The Morgan fingerprint density at radius 3 is 3.05 bits per heavy atom. The van der Waals surface area contributed by atoms with Crippen LogP contribution in [0, 0.1) is 16.0 Å². The number of aliphatic hydroxyl groups is 1. The monoisotopic (exact) mass is 264 g/mol. The number of hydrogen-bond donors (Lipinski definition) is 2. The minimum atomic E-state index is -0.692. The molecule has 1 aliphatic rings. The lowest BCUT2D eigenvalue weighted by atomic mass is 9.79. The van der Waals surface area contributed by atoms with Gasteiger partial charge in [-0.2, -0.15) is 0 Å². The molecule has 1 aromatic carbocycles. The van der Waals surface area contributed by atoms with E-state index >= 15 is 0 Å². The third-order valence-electron chi connectivity index (χ3n) is 3.75. The molecule has 1 saturated carbocycles. The van der Waals surface area contributed by atoms with E-state index in [0.717, 1.165) is 19.3 Å². The molecule has 104 valence electrons. The zero-order valence-electron chi connectivity index (χ0n) is 11.1. The molecule has 0 bridgehead atoms. The molecule has 2 unspecified atom stereocenters. The zero-order chi connectivity index (χ0) is 13.9. The summed E-state index contributed by atoms with van der Waals surface area (Å²) >= 11 is 0. The molecule has 2 N–H and O–H groups in total. The molecule has 5 nitrogen and oxygen atoms in total. The van der Waals surface area contributed by atoms with Crippen molar-refractivity contribution < 1.29 is 10.0 Å². The van der Waals surface area contributed by atoms with Crippen molar-refractivity contribution in [3.8, 4) is 0 Å². The van der Waals surface area contributed by atoms with Crippen molar-refractivity contribution in [1.82, 2.24) is 0 Å². The van der Waals surface area contributed by atoms with E-state index in [-0.39, 0.29) is 5.69 Å². The molecule has 0 heterocycles. The SMILES string of the molecule is CC1CCCC(O)(CNc2cccc([N+](=O)[O-])c2)C1. The predicted molar refractivity (Wildman–Crippen MR) is 74.2 cm³/mol. The van der Waals surface area contributed by atoms with Gasteiger partial charge in [0.05, 0.1) is 10.5 Å². The lowest BCUT2D eigenvalue weighted by Crippen LogP contribution is -2.41. The third-order valence-corrected chi connectivity index (χ3v) is 3.75. The van der Waals surface area contributed by atoms with E-state index in [1.54, 1.807) is 12.1 Å². The number of hydrogen-bond acceptors (Lipinski definition) is 4. The smallest absolute Gasteiger partial charge is 0.271 e. The molecule has 0 radical (unpaired) electrons. The first-order chi connectivity index (χ1) is 8.98. The summed E-state index contributed by atoms with van der Waals surface area (Å²) in [4.78, 5) is 10.3. The Bertz CT molecular complexity index is 464. The summed E-state index contributed by atoms with van der Waals surface area (Å²) < 4.78 is 0. The Kier molecular flexibility index (Phi) is 4.04. The second-order valence-electron chi connectivity index (χ2n) is 5.59. The topological polar surface area (TPSA) is 75.4 Å². The Labute approximate surface area is 112 Å². The number of nitrogens with zero attached hydrogens (tertiary/aromatic N) is 1. The molecule has 1 fully saturated rings. The highest BCUT2D eigenvalue weighted by Crippen LogP contribution is 2.32. The van der Waals surface area contributed by atoms with Gasteiger partial charge in [0.1, 0.15) is 0 Å². The minimum Gasteiger partial charge on any atom is -0.388 e. The highest BCUT2D eigenvalue weighted by Gasteiger charge is 2.32. The summed E-state index contributed by atoms with van der Waals surface area (Å²) in [7, 11) is 0. The highest BCUT2D eigenvalue weighted by atomic mass is 16.6. The van der Waals surface area contributed by atoms with Crippen LogP contribution < -0.4 is 5.32 Å². The van der Waals surface area contributed by atoms with Gasteiger partial charge in [-0.25, -0.2) is 0 Å². The van der Waals surface area contributed by atoms with Gasteiger partial charge < -0.3 is 10.4 Å². The first kappa shape index (κ1) is 13.8. The molecule has 1 aliphatic carbocycles. The molecule has 2 rings (SSSR count). The van der Waals surface area contributed by atoms with Crippen molar-refractivity contribution >= 4 is 11.4 Å². The maximum Gasteiger partial charge on any atom is 0.271 e. The van der Waals surface area contributed by atoms with Crippen molar-refractivity contribution in [3.05, 3.63) is 34.4 Å². The molecule has 5 heteroatoms. The second kappa shape index (κ2) is 5.57. The molecular formula is C14H20N2O3. The van der Waals surface area contributed by atoms with Crippen LogP contribution in [0.2, 0.25) is 0 Å². The van der Waals surface area contributed by atoms with Gasteiger partial charge in [-0.15, -0.1) is 0 Å². The van der Waals surface area contributed by atoms with Gasteiger partial charge in [-0.05, 0) is 24.8 Å². The normalized spacial score (nSPS) is 26.9. The van der Waals surface area contributed by atoms with Crippen LogP contribution in [0.5, 0.6) is 0 Å². The molecule has 0 spiro atoms. The largest absolute Gasteiger partial charge is 0.388 e. The zero-order valence-corrected chi connectivity index (χ0v) is 11.1. The number of nitro benzene ring substituents is 1. The summed E-state index contributed by atoms with van der Waals surface area (Å²) in [5, 5.41) is 24.3. The first-order valence-corrected chi connectivity index (χ1v) is 6.69. The Hall–Kier alpha value is -1.62. The Morgan fingerprint density at radius 1 is 1.58 bits per heavy atom. The van der Waals surface area contributed by atoms with Crippen molar-refractivity contribution in [2.24, 2.45) is 5.92 Å². The van der Waals surface area contributed by atoms with Crippen LogP contribution >= 0.6 is 0 Å². The van der Waals surface area contributed by atoms with Gasteiger partial charge in [-0.1, -0.05) is 25.8 Å². The summed E-state index contributed by atoms with van der Waals surface area (Å²) in [5.41, 5.74) is 0.0531. The lowest BCUT2D eigenvalue weighted by Gasteiger charge is -2.35. The molecule has 0 aliphatic heterocycles. The Balaban J connectivity index is 1.98. The standard InChI is InChI=1S/C14H20N2O3/c1-11-4-3-7-14(17,9-11)10-15-12-5-2-6-13(8-12)16(18)19/h2,5-6,8,11,15,17H,3-4,7,9-10H2,1H3. The average Bonchev–Trinajstić information content (AvgIpc) is 2.36. The third kappa shape index (κ3) is 3.67. The van der Waals surface area contributed by atoms with Crippen LogP contribution in [-0.2, 0) is 0 Å². The molecule has 19 heavy (non-hydrogen) atoms. The van der Waals surface area contributed by atoms with Crippen molar-refractivity contribution in [2.45, 2.75) is 38.2 Å². The van der Waals surface area contributed by atoms with Gasteiger partial charge in [0.15, 0.2) is 0 Å². The van der Waals surface area contributed by atoms with E-state index < -0.39 is 10.5 Å². The second-order valence-corrected chi connectivity index (χ2v) is 5.59. The van der Waals surface area contributed by atoms with Gasteiger partial charge in [0, 0.05) is 24.4 Å². The van der Waals surface area contributed by atoms with E-state index in [1.165, 1.54) is 18.6 Å². The van der Waals surface area contributed by atoms with E-state index in [2.05, 4.69) is 12.2 Å². The van der Waals surface area contributed by atoms with Crippen molar-refractivity contribution in [3.63, 3.8) is 0 Å². The number of rotatable bonds is 4. The summed E-state index contributed by atoms with van der Waals surface area (Å²) in [6.45, 7) is 2.59. The van der Waals surface area contributed by atoms with Crippen LogP contribution in [0.25, 0.3) is 0 Å². The summed E-state index contributed by atoms with van der Waals surface area (Å²) in [6.07, 6.45) is 3.78. The van der Waals surface area contributed by atoms with Crippen LogP contribution in [0.1, 0.15) is 32.6 Å². The fraction of sp³-hybridized carbons (Fsp3) is 0.571. The summed E-state index contributed by atoms with van der Waals surface area (Å²) in [5.74, 6) is 0.533. The van der Waals surface area contributed by atoms with Gasteiger partial charge in [-0.3, -0.25) is 10.1 Å². The fourth-order valence-corrected chi connectivity index (χ4v) is 2.79. The highest BCUT2D eigenvalue weighted by molar-refractivity contribution is 5.51. The summed E-state index contributed by atoms with van der Waals surface area (Å²) in [6, 6.07) is 6.38.